The number of halogens is 1. The summed E-state index contributed by atoms with van der Waals surface area (Å²) in [6.07, 6.45) is 0.339. The summed E-state index contributed by atoms with van der Waals surface area (Å²) in [6.45, 7) is 0.417. The lowest BCUT2D eigenvalue weighted by Crippen LogP contribution is -2.24. The lowest BCUT2D eigenvalue weighted by Gasteiger charge is -2.16. The van der Waals surface area contributed by atoms with Crippen LogP contribution >= 0.6 is 11.6 Å². The van der Waals surface area contributed by atoms with Crippen LogP contribution in [-0.4, -0.2) is 35.7 Å². The zero-order valence-corrected chi connectivity index (χ0v) is 16.9. The van der Waals surface area contributed by atoms with Crippen LogP contribution in [0.3, 0.4) is 0 Å². The van der Waals surface area contributed by atoms with Crippen molar-refractivity contribution in [3.8, 4) is 5.75 Å². The van der Waals surface area contributed by atoms with Crippen LogP contribution < -0.4 is 15.0 Å². The van der Waals surface area contributed by atoms with Crippen molar-refractivity contribution in [3.05, 3.63) is 65.0 Å². The van der Waals surface area contributed by atoms with Gasteiger partial charge in [0.05, 0.1) is 19.4 Å². The van der Waals surface area contributed by atoms with Gasteiger partial charge in [-0.25, -0.2) is 0 Å². The summed E-state index contributed by atoms with van der Waals surface area (Å²) >= 11 is 6.08. The van der Waals surface area contributed by atoms with Gasteiger partial charge in [0.15, 0.2) is 0 Å². The maximum absolute atomic E-state index is 12.5. The molecule has 154 valence electrons. The number of amides is 2. The van der Waals surface area contributed by atoms with Crippen molar-refractivity contribution in [1.29, 1.82) is 0 Å². The van der Waals surface area contributed by atoms with E-state index in [1.165, 1.54) is 0 Å². The Labute approximate surface area is 177 Å². The maximum atomic E-state index is 12.5. The van der Waals surface area contributed by atoms with E-state index in [-0.39, 0.29) is 36.6 Å². The number of benzene rings is 2. The van der Waals surface area contributed by atoms with Gasteiger partial charge in [-0.05, 0) is 35.9 Å². The van der Waals surface area contributed by atoms with E-state index in [1.54, 1.807) is 42.3 Å². The van der Waals surface area contributed by atoms with Gasteiger partial charge in [0.2, 0.25) is 17.7 Å². The topological polar surface area (TPSA) is 97.6 Å². The number of carbonyl (C=O) groups excluding carboxylic acids is 2. The van der Waals surface area contributed by atoms with Gasteiger partial charge < -0.3 is 14.1 Å². The molecule has 2 aromatic carbocycles. The summed E-state index contributed by atoms with van der Waals surface area (Å²) in [5.74, 6) is 0.429. The van der Waals surface area contributed by atoms with Gasteiger partial charge in [-0.3, -0.25) is 14.9 Å². The second kappa shape index (κ2) is 8.54. The van der Waals surface area contributed by atoms with Gasteiger partial charge in [0.25, 0.3) is 0 Å². The van der Waals surface area contributed by atoms with Gasteiger partial charge in [0, 0.05) is 23.7 Å². The summed E-state index contributed by atoms with van der Waals surface area (Å²) < 4.78 is 10.7. The van der Waals surface area contributed by atoms with Crippen molar-refractivity contribution in [3.63, 3.8) is 0 Å². The molecule has 1 aliphatic rings. The number of nitrogens with zero attached hydrogens (tertiary/aromatic N) is 3. The van der Waals surface area contributed by atoms with Gasteiger partial charge >= 0.3 is 6.01 Å². The minimum Gasteiger partial charge on any atom is -0.497 e. The van der Waals surface area contributed by atoms with E-state index in [9.17, 15) is 9.59 Å². The highest BCUT2D eigenvalue weighted by molar-refractivity contribution is 6.31. The molecule has 1 saturated heterocycles. The number of anilines is 2. The number of aromatic nitrogens is 2. The Hall–Kier alpha value is -3.39. The summed E-state index contributed by atoms with van der Waals surface area (Å²) in [7, 11) is 1.59. The number of methoxy groups -OCH3 is 1. The van der Waals surface area contributed by atoms with Crippen LogP contribution in [0.5, 0.6) is 5.75 Å². The van der Waals surface area contributed by atoms with Crippen LogP contribution in [0.1, 0.15) is 23.8 Å². The molecule has 0 radical (unpaired) electrons. The maximum Gasteiger partial charge on any atom is 0.322 e. The van der Waals surface area contributed by atoms with Gasteiger partial charge in [-0.2, -0.15) is 0 Å². The molecule has 1 aromatic heterocycles. The molecular weight excluding hydrogens is 408 g/mol. The Balaban J connectivity index is 1.39. The van der Waals surface area contributed by atoms with Crippen molar-refractivity contribution in [2.24, 2.45) is 0 Å². The van der Waals surface area contributed by atoms with E-state index in [2.05, 4.69) is 15.5 Å². The highest BCUT2D eigenvalue weighted by atomic mass is 35.5. The summed E-state index contributed by atoms with van der Waals surface area (Å²) in [5, 5.41) is 11.0. The quantitative estimate of drug-likeness (QED) is 0.648. The molecule has 30 heavy (non-hydrogen) atoms. The SMILES string of the molecule is COc1ccc(N2C[C@H](c3nnc(NC(=O)Cc4ccccc4Cl)o3)CC2=O)cc1. The van der Waals surface area contributed by atoms with Crippen LogP contribution in [0.25, 0.3) is 0 Å². The zero-order chi connectivity index (χ0) is 21.1. The number of hydrogen-bond acceptors (Lipinski definition) is 6. The Morgan fingerprint density at radius 3 is 2.73 bits per heavy atom. The number of rotatable bonds is 6. The molecule has 1 aliphatic heterocycles. The Morgan fingerprint density at radius 1 is 1.23 bits per heavy atom. The summed E-state index contributed by atoms with van der Waals surface area (Å²) in [4.78, 5) is 26.4. The molecule has 3 aromatic rings. The molecule has 1 atom stereocenters. The summed E-state index contributed by atoms with van der Waals surface area (Å²) in [5.41, 5.74) is 1.48. The van der Waals surface area contributed by atoms with Gasteiger partial charge in [0.1, 0.15) is 5.75 Å². The fourth-order valence-corrected chi connectivity index (χ4v) is 3.52. The molecule has 0 spiro atoms. The van der Waals surface area contributed by atoms with Crippen molar-refractivity contribution < 1.29 is 18.7 Å². The first-order chi connectivity index (χ1) is 14.5. The third kappa shape index (κ3) is 4.28. The van der Waals surface area contributed by atoms with Gasteiger partial charge in [-0.15, -0.1) is 5.10 Å². The monoisotopic (exact) mass is 426 g/mol. The van der Waals surface area contributed by atoms with E-state index >= 15 is 0 Å². The summed E-state index contributed by atoms with van der Waals surface area (Å²) in [6, 6.07) is 14.4. The molecule has 2 amide bonds. The first kappa shape index (κ1) is 19.9. The van der Waals surface area contributed by atoms with Crippen LogP contribution in [-0.2, 0) is 16.0 Å². The number of hydrogen-bond donors (Lipinski definition) is 1. The Bertz CT molecular complexity index is 1070. The molecule has 4 rings (SSSR count). The predicted octanol–water partition coefficient (Wildman–Crippen LogP) is 3.43. The second-order valence-corrected chi connectivity index (χ2v) is 7.27. The molecule has 0 saturated carbocycles. The van der Waals surface area contributed by atoms with Crippen molar-refractivity contribution in [2.75, 3.05) is 23.9 Å². The number of carbonyl (C=O) groups is 2. The van der Waals surface area contributed by atoms with E-state index in [4.69, 9.17) is 20.8 Å². The van der Waals surface area contributed by atoms with Crippen LogP contribution in [0.2, 0.25) is 5.02 Å². The third-order valence-corrected chi connectivity index (χ3v) is 5.22. The van der Waals surface area contributed by atoms with Crippen LogP contribution in [0, 0.1) is 0 Å². The lowest BCUT2D eigenvalue weighted by molar-refractivity contribution is -0.117. The minimum atomic E-state index is -0.319. The Kier molecular flexibility index (Phi) is 5.67. The van der Waals surface area contributed by atoms with Crippen LogP contribution in [0.4, 0.5) is 11.7 Å². The molecule has 0 aliphatic carbocycles. The molecule has 9 heteroatoms. The molecule has 2 heterocycles. The fourth-order valence-electron chi connectivity index (χ4n) is 3.31. The first-order valence-electron chi connectivity index (χ1n) is 9.34. The molecule has 1 fully saturated rings. The normalized spacial score (nSPS) is 16.0. The molecular formula is C21H19ClN4O4. The van der Waals surface area contributed by atoms with Crippen molar-refractivity contribution in [1.82, 2.24) is 10.2 Å². The lowest BCUT2D eigenvalue weighted by atomic mass is 10.1. The minimum absolute atomic E-state index is 0.00241. The highest BCUT2D eigenvalue weighted by Crippen LogP contribution is 2.32. The second-order valence-electron chi connectivity index (χ2n) is 6.87. The largest absolute Gasteiger partial charge is 0.497 e. The Morgan fingerprint density at radius 2 is 2.00 bits per heavy atom. The van der Waals surface area contributed by atoms with E-state index in [0.717, 1.165) is 11.4 Å². The van der Waals surface area contributed by atoms with Gasteiger partial charge in [-0.1, -0.05) is 34.9 Å². The smallest absolute Gasteiger partial charge is 0.322 e. The molecule has 0 unspecified atom stereocenters. The standard InChI is InChI=1S/C21H19ClN4O4/c1-29-16-8-6-15(7-9-16)26-12-14(11-19(26)28)20-24-25-21(30-20)23-18(27)10-13-4-2-3-5-17(13)22/h2-9,14H,10-12H2,1H3,(H,23,25,27)/t14-/m1/s1. The highest BCUT2D eigenvalue weighted by Gasteiger charge is 2.35. The predicted molar refractivity (Wildman–Crippen MR) is 111 cm³/mol. The van der Waals surface area contributed by atoms with Crippen molar-refractivity contribution in [2.45, 2.75) is 18.8 Å². The average molecular weight is 427 g/mol. The fraction of sp³-hybridized carbons (Fsp3) is 0.238. The van der Waals surface area contributed by atoms with E-state index < -0.39 is 0 Å². The average Bonchev–Trinajstić information content (AvgIpc) is 3.36. The third-order valence-electron chi connectivity index (χ3n) is 4.85. The number of ether oxygens (including phenoxy) is 1. The first-order valence-corrected chi connectivity index (χ1v) is 9.72. The van der Waals surface area contributed by atoms with E-state index in [1.807, 2.05) is 18.2 Å². The zero-order valence-electron chi connectivity index (χ0n) is 16.2. The van der Waals surface area contributed by atoms with E-state index in [0.29, 0.717) is 23.0 Å². The van der Waals surface area contributed by atoms with Crippen molar-refractivity contribution >= 4 is 35.1 Å². The number of nitrogens with one attached hydrogen (secondary N) is 1. The van der Waals surface area contributed by atoms with Crippen LogP contribution in [0.15, 0.2) is 52.9 Å². The molecule has 1 N–H and O–H groups in total. The molecule has 0 bridgehead atoms. The molecule has 8 nitrogen and oxygen atoms in total.